The number of para-hydroxylation sites is 1. The van der Waals surface area contributed by atoms with E-state index in [0.717, 1.165) is 36.4 Å². The molecule has 2 amide bonds. The molecule has 1 fully saturated rings. The van der Waals surface area contributed by atoms with Crippen molar-refractivity contribution in [2.45, 2.75) is 19.4 Å². The number of hydrogen-bond acceptors (Lipinski definition) is 4. The number of nitrogens with one attached hydrogen (secondary N) is 3. The lowest BCUT2D eigenvalue weighted by Crippen LogP contribution is -2.18. The van der Waals surface area contributed by atoms with E-state index in [1.165, 1.54) is 30.5 Å². The number of halogens is 1. The summed E-state index contributed by atoms with van der Waals surface area (Å²) in [6.45, 7) is 3.23. The molecule has 0 saturated carbocycles. The van der Waals surface area contributed by atoms with Crippen molar-refractivity contribution in [2.75, 3.05) is 29.0 Å². The van der Waals surface area contributed by atoms with Crippen LogP contribution in [-0.2, 0) is 16.1 Å². The van der Waals surface area contributed by atoms with Crippen molar-refractivity contribution in [3.05, 3.63) is 125 Å². The van der Waals surface area contributed by atoms with E-state index >= 15 is 0 Å². The van der Waals surface area contributed by atoms with Crippen LogP contribution in [0.5, 0.6) is 0 Å². The van der Waals surface area contributed by atoms with Gasteiger partial charge >= 0.3 is 5.91 Å². The summed E-state index contributed by atoms with van der Waals surface area (Å²) in [7, 11) is 0. The van der Waals surface area contributed by atoms with Crippen molar-refractivity contribution in [3.8, 4) is 11.8 Å². The van der Waals surface area contributed by atoms with Crippen LogP contribution in [0.3, 0.4) is 0 Å². The van der Waals surface area contributed by atoms with E-state index in [4.69, 9.17) is 0 Å². The largest absolute Gasteiger partial charge is 0.354 e. The molecule has 42 heavy (non-hydrogen) atoms. The number of carbonyl (C=O) groups is 2. The Kier molecular flexibility index (Phi) is 7.80. The van der Waals surface area contributed by atoms with Gasteiger partial charge in [-0.2, -0.15) is 0 Å². The van der Waals surface area contributed by atoms with Crippen LogP contribution in [0.25, 0.3) is 11.3 Å². The maximum Gasteiger partial charge on any atom is 0.300 e. The number of nitrogens with zero attached hydrogens (tertiary/aromatic N) is 1. The normalized spacial score (nSPS) is 15.3. The Hall–Kier alpha value is -5.19. The van der Waals surface area contributed by atoms with Gasteiger partial charge in [0.1, 0.15) is 5.82 Å². The monoisotopic (exact) mass is 556 g/mol. The van der Waals surface area contributed by atoms with Crippen LogP contribution in [-0.4, -0.2) is 29.8 Å². The minimum absolute atomic E-state index is 0.0648. The number of amides is 2. The molecule has 0 unspecified atom stereocenters. The van der Waals surface area contributed by atoms with Crippen molar-refractivity contribution in [1.82, 2.24) is 4.90 Å². The lowest BCUT2D eigenvalue weighted by Gasteiger charge is -2.17. The Bertz CT molecular complexity index is 1730. The van der Waals surface area contributed by atoms with Crippen LogP contribution in [0.15, 0.2) is 97.1 Å². The van der Waals surface area contributed by atoms with Crippen LogP contribution in [0, 0.1) is 17.7 Å². The lowest BCUT2D eigenvalue weighted by atomic mass is 9.99. The molecule has 2 aliphatic rings. The van der Waals surface area contributed by atoms with Crippen LogP contribution in [0.2, 0.25) is 0 Å². The lowest BCUT2D eigenvalue weighted by molar-refractivity contribution is -0.111. The molecule has 0 bridgehead atoms. The number of carbonyl (C=O) groups excluding carboxylic acids is 2. The molecule has 6 rings (SSSR count). The van der Waals surface area contributed by atoms with Gasteiger partial charge in [0.15, 0.2) is 0 Å². The predicted molar refractivity (Wildman–Crippen MR) is 165 cm³/mol. The highest BCUT2D eigenvalue weighted by Gasteiger charge is 2.28. The average molecular weight is 557 g/mol. The zero-order valence-electron chi connectivity index (χ0n) is 22.9. The van der Waals surface area contributed by atoms with E-state index in [2.05, 4.69) is 44.8 Å². The Morgan fingerprint density at radius 3 is 2.38 bits per heavy atom. The minimum Gasteiger partial charge on any atom is -0.354 e. The van der Waals surface area contributed by atoms with Gasteiger partial charge in [0.05, 0.1) is 22.6 Å². The topological polar surface area (TPSA) is 73.5 Å². The molecule has 0 aliphatic carbocycles. The van der Waals surface area contributed by atoms with Crippen molar-refractivity contribution in [2.24, 2.45) is 0 Å². The third kappa shape index (κ3) is 6.09. The van der Waals surface area contributed by atoms with Crippen molar-refractivity contribution in [1.29, 1.82) is 0 Å². The number of benzene rings is 4. The van der Waals surface area contributed by atoms with Gasteiger partial charge in [0.25, 0.3) is 5.91 Å². The van der Waals surface area contributed by atoms with E-state index in [9.17, 15) is 14.0 Å². The summed E-state index contributed by atoms with van der Waals surface area (Å²) in [6.07, 6.45) is 2.52. The number of anilines is 3. The number of fused-ring (bicyclic) bond motifs is 1. The smallest absolute Gasteiger partial charge is 0.300 e. The van der Waals surface area contributed by atoms with Gasteiger partial charge in [-0.15, -0.1) is 0 Å². The first-order valence-electron chi connectivity index (χ1n) is 13.9. The number of likely N-dealkylation sites (tertiary alicyclic amines) is 1. The molecule has 4 aromatic carbocycles. The zero-order chi connectivity index (χ0) is 28.9. The highest BCUT2D eigenvalue weighted by molar-refractivity contribution is 6.37. The van der Waals surface area contributed by atoms with E-state index < -0.39 is 11.7 Å². The summed E-state index contributed by atoms with van der Waals surface area (Å²) in [5.74, 6) is 3.90. The van der Waals surface area contributed by atoms with E-state index in [1.807, 2.05) is 48.5 Å². The highest BCUT2D eigenvalue weighted by atomic mass is 19.1. The fourth-order valence-electron chi connectivity index (χ4n) is 5.26. The van der Waals surface area contributed by atoms with Crippen molar-refractivity contribution < 1.29 is 14.0 Å². The Morgan fingerprint density at radius 1 is 0.881 bits per heavy atom. The van der Waals surface area contributed by atoms with E-state index in [1.54, 1.807) is 24.3 Å². The summed E-state index contributed by atoms with van der Waals surface area (Å²) in [6, 6.07) is 29.3. The molecule has 0 radical (unpaired) electrons. The second kappa shape index (κ2) is 12.1. The molecule has 1 saturated heterocycles. The fraction of sp³-hybridized carbons (Fsp3) is 0.143. The molecule has 0 atom stereocenters. The van der Waals surface area contributed by atoms with Crippen LogP contribution < -0.4 is 16.0 Å². The van der Waals surface area contributed by atoms with Crippen LogP contribution in [0.4, 0.5) is 21.5 Å². The molecular formula is C35H29FN4O2. The van der Waals surface area contributed by atoms with E-state index in [-0.39, 0.29) is 11.6 Å². The fourth-order valence-corrected chi connectivity index (χ4v) is 5.26. The van der Waals surface area contributed by atoms with Gasteiger partial charge < -0.3 is 16.0 Å². The predicted octanol–water partition coefficient (Wildman–Crippen LogP) is 6.34. The molecule has 0 spiro atoms. The van der Waals surface area contributed by atoms with Gasteiger partial charge in [-0.05, 0) is 73.5 Å². The molecule has 0 aromatic heterocycles. The summed E-state index contributed by atoms with van der Waals surface area (Å²) in [5, 5.41) is 8.90. The maximum atomic E-state index is 13.8. The second-order valence-electron chi connectivity index (χ2n) is 10.3. The third-order valence-electron chi connectivity index (χ3n) is 7.35. The maximum absolute atomic E-state index is 13.8. The average Bonchev–Trinajstić information content (AvgIpc) is 3.64. The third-order valence-corrected chi connectivity index (χ3v) is 7.35. The highest BCUT2D eigenvalue weighted by Crippen LogP contribution is 2.38. The van der Waals surface area contributed by atoms with Gasteiger partial charge in [-0.25, -0.2) is 4.39 Å². The summed E-state index contributed by atoms with van der Waals surface area (Å²) in [5.41, 5.74) is 6.19. The molecule has 6 nitrogen and oxygen atoms in total. The molecule has 7 heteroatoms. The Labute approximate surface area is 244 Å². The summed E-state index contributed by atoms with van der Waals surface area (Å²) < 4.78 is 13.8. The quantitative estimate of drug-likeness (QED) is 0.191. The van der Waals surface area contributed by atoms with Gasteiger partial charge in [0.2, 0.25) is 0 Å². The standard InChI is InChI=1S/C35H29FN4O2/c36-29-10-4-5-11-30(29)38-32(41)19-15-24-14-18-28-31(22-24)39-35(42)33(28)34(26-8-2-1-3-9-26)37-27-16-12-25(13-17-27)23-40-20-6-7-21-40/h1-5,8-14,16-18,22,37H,6-7,20-21,23H2,(H,38,41)(H,39,42). The van der Waals surface area contributed by atoms with E-state index in [0.29, 0.717) is 22.5 Å². The second-order valence-corrected chi connectivity index (χ2v) is 10.3. The SMILES string of the molecule is O=C(C#Cc1ccc2c(c1)NC(=O)C2=C(Nc1ccc(CN2CCCC2)cc1)c1ccccc1)Nc1ccccc1F. The molecule has 2 aliphatic heterocycles. The molecule has 3 N–H and O–H groups in total. The molecule has 208 valence electrons. The Morgan fingerprint density at radius 2 is 1.62 bits per heavy atom. The van der Waals surface area contributed by atoms with Crippen molar-refractivity contribution in [3.63, 3.8) is 0 Å². The van der Waals surface area contributed by atoms with Crippen LogP contribution in [0.1, 0.15) is 35.1 Å². The molecular weight excluding hydrogens is 527 g/mol. The van der Waals surface area contributed by atoms with Gasteiger partial charge in [-0.3, -0.25) is 14.5 Å². The van der Waals surface area contributed by atoms with Gasteiger partial charge in [-0.1, -0.05) is 66.6 Å². The summed E-state index contributed by atoms with van der Waals surface area (Å²) in [4.78, 5) is 28.1. The first kappa shape index (κ1) is 27.0. The number of hydrogen-bond donors (Lipinski definition) is 3. The van der Waals surface area contributed by atoms with Crippen LogP contribution >= 0.6 is 0 Å². The number of rotatable bonds is 6. The Balaban J connectivity index is 1.27. The summed E-state index contributed by atoms with van der Waals surface area (Å²) >= 11 is 0. The first-order valence-corrected chi connectivity index (χ1v) is 13.9. The minimum atomic E-state index is -0.632. The molecule has 2 heterocycles. The van der Waals surface area contributed by atoms with Crippen molar-refractivity contribution >= 4 is 40.1 Å². The molecule has 4 aromatic rings. The first-order chi connectivity index (χ1) is 20.5. The van der Waals surface area contributed by atoms with Gasteiger partial charge in [0, 0.05) is 29.3 Å². The zero-order valence-corrected chi connectivity index (χ0v) is 22.9.